The molecule has 1 heterocycles. The molecule has 150 valence electrons. The number of benzene rings is 2. The normalized spacial score (nSPS) is 20.7. The molecule has 3 rings (SSSR count). The molecule has 0 spiro atoms. The molecule has 8 heteroatoms. The molecule has 0 bridgehead atoms. The first-order chi connectivity index (χ1) is 13.3. The quantitative estimate of drug-likeness (QED) is 0.828. The van der Waals surface area contributed by atoms with Gasteiger partial charge in [-0.05, 0) is 49.7 Å². The Morgan fingerprint density at radius 2 is 1.79 bits per heavy atom. The van der Waals surface area contributed by atoms with Crippen LogP contribution in [0.1, 0.15) is 29.8 Å². The van der Waals surface area contributed by atoms with Crippen LogP contribution in [0.5, 0.6) is 0 Å². The van der Waals surface area contributed by atoms with Gasteiger partial charge in [-0.1, -0.05) is 18.2 Å². The number of amides is 1. The van der Waals surface area contributed by atoms with Crippen LogP contribution in [0.3, 0.4) is 0 Å². The summed E-state index contributed by atoms with van der Waals surface area (Å²) in [6, 6.07) is 11.8. The maximum Gasteiger partial charge on any atom is 0.251 e. The van der Waals surface area contributed by atoms with Gasteiger partial charge in [-0.15, -0.1) is 0 Å². The number of carbonyl (C=O) groups excluding carboxylic acids is 1. The van der Waals surface area contributed by atoms with Crippen LogP contribution in [0.15, 0.2) is 53.4 Å². The monoisotopic (exact) mass is 406 g/mol. The summed E-state index contributed by atoms with van der Waals surface area (Å²) in [6.45, 7) is 4.42. The summed E-state index contributed by atoms with van der Waals surface area (Å²) >= 11 is 0. The summed E-state index contributed by atoms with van der Waals surface area (Å²) < 4.78 is 45.9. The summed E-state index contributed by atoms with van der Waals surface area (Å²) in [5, 5.41) is 2.72. The second-order valence-electron chi connectivity index (χ2n) is 6.92. The molecule has 2 unspecified atom stereocenters. The zero-order chi connectivity index (χ0) is 20.3. The summed E-state index contributed by atoms with van der Waals surface area (Å²) in [7, 11) is -3.72. The van der Waals surface area contributed by atoms with Crippen molar-refractivity contribution in [1.29, 1.82) is 0 Å². The maximum absolute atomic E-state index is 13.0. The molecule has 0 saturated carbocycles. The Hall–Kier alpha value is -2.29. The molecule has 0 aromatic heterocycles. The van der Waals surface area contributed by atoms with Crippen LogP contribution in [0, 0.1) is 5.82 Å². The Morgan fingerprint density at radius 1 is 1.14 bits per heavy atom. The topological polar surface area (TPSA) is 75.7 Å². The van der Waals surface area contributed by atoms with E-state index in [1.54, 1.807) is 24.3 Å². The zero-order valence-corrected chi connectivity index (χ0v) is 16.6. The van der Waals surface area contributed by atoms with Crippen molar-refractivity contribution in [1.82, 2.24) is 9.62 Å². The van der Waals surface area contributed by atoms with Crippen molar-refractivity contribution in [2.45, 2.75) is 37.5 Å². The third-order valence-corrected chi connectivity index (χ3v) is 6.31. The fraction of sp³-hybridized carbons (Fsp3) is 0.350. The van der Waals surface area contributed by atoms with Crippen LogP contribution < -0.4 is 5.32 Å². The maximum atomic E-state index is 13.0. The number of hydrogen-bond acceptors (Lipinski definition) is 4. The summed E-state index contributed by atoms with van der Waals surface area (Å²) in [6.07, 6.45) is -0.388. The van der Waals surface area contributed by atoms with Crippen LogP contribution in [0.25, 0.3) is 0 Å². The number of nitrogens with one attached hydrogen (secondary N) is 1. The number of carbonyl (C=O) groups is 1. The highest BCUT2D eigenvalue weighted by Gasteiger charge is 2.32. The van der Waals surface area contributed by atoms with Crippen LogP contribution in [0.4, 0.5) is 4.39 Å². The first kappa shape index (κ1) is 20.4. The second kappa shape index (κ2) is 8.38. The molecular weight excluding hydrogens is 383 g/mol. The van der Waals surface area contributed by atoms with E-state index in [0.29, 0.717) is 0 Å². The highest BCUT2D eigenvalue weighted by atomic mass is 32.2. The van der Waals surface area contributed by atoms with Gasteiger partial charge in [0.1, 0.15) is 5.82 Å². The average molecular weight is 406 g/mol. The van der Waals surface area contributed by atoms with E-state index in [0.717, 1.165) is 5.56 Å². The van der Waals surface area contributed by atoms with E-state index >= 15 is 0 Å². The van der Waals surface area contributed by atoms with E-state index in [1.165, 1.54) is 28.6 Å². The van der Waals surface area contributed by atoms with Gasteiger partial charge < -0.3 is 10.1 Å². The third-order valence-electron chi connectivity index (χ3n) is 4.49. The van der Waals surface area contributed by atoms with Crippen LogP contribution in [-0.2, 0) is 21.3 Å². The molecule has 2 aromatic rings. The van der Waals surface area contributed by atoms with E-state index in [9.17, 15) is 17.6 Å². The first-order valence-corrected chi connectivity index (χ1v) is 10.5. The smallest absolute Gasteiger partial charge is 0.251 e. The Labute approximate surface area is 164 Å². The summed E-state index contributed by atoms with van der Waals surface area (Å²) in [5.74, 6) is -0.746. The Balaban J connectivity index is 1.73. The van der Waals surface area contributed by atoms with Gasteiger partial charge >= 0.3 is 0 Å². The van der Waals surface area contributed by atoms with Gasteiger partial charge in [0, 0.05) is 25.2 Å². The van der Waals surface area contributed by atoms with E-state index < -0.39 is 15.9 Å². The van der Waals surface area contributed by atoms with E-state index in [4.69, 9.17) is 4.74 Å². The number of halogens is 1. The predicted octanol–water partition coefficient (Wildman–Crippen LogP) is 2.55. The molecule has 0 aliphatic carbocycles. The lowest BCUT2D eigenvalue weighted by atomic mass is 10.2. The molecule has 1 fully saturated rings. The van der Waals surface area contributed by atoms with Gasteiger partial charge in [0.2, 0.25) is 10.0 Å². The van der Waals surface area contributed by atoms with Crippen molar-refractivity contribution >= 4 is 15.9 Å². The number of hydrogen-bond donors (Lipinski definition) is 1. The number of nitrogens with zero attached hydrogens (tertiary/aromatic N) is 1. The van der Waals surface area contributed by atoms with Gasteiger partial charge in [-0.25, -0.2) is 12.8 Å². The molecule has 1 N–H and O–H groups in total. The van der Waals surface area contributed by atoms with E-state index in [-0.39, 0.29) is 48.1 Å². The minimum atomic E-state index is -3.72. The van der Waals surface area contributed by atoms with Crippen LogP contribution in [-0.4, -0.2) is 43.9 Å². The molecule has 1 aliphatic rings. The lowest BCUT2D eigenvalue weighted by molar-refractivity contribution is -0.0440. The average Bonchev–Trinajstić information content (AvgIpc) is 2.66. The van der Waals surface area contributed by atoms with Crippen LogP contribution in [0.2, 0.25) is 0 Å². The van der Waals surface area contributed by atoms with Gasteiger partial charge in [0.05, 0.1) is 17.1 Å². The molecule has 1 aliphatic heterocycles. The SMILES string of the molecule is CC1CN(S(=O)(=O)c2cccc(C(=O)NCc3ccc(F)cc3)c2)CC(C)O1. The van der Waals surface area contributed by atoms with E-state index in [2.05, 4.69) is 5.32 Å². The standard InChI is InChI=1S/C20H23FN2O4S/c1-14-12-23(13-15(2)27-14)28(25,26)19-5-3-4-17(10-19)20(24)22-11-16-6-8-18(21)9-7-16/h3-10,14-15H,11-13H2,1-2H3,(H,22,24). The number of sulfonamides is 1. The lowest BCUT2D eigenvalue weighted by Crippen LogP contribution is -2.48. The lowest BCUT2D eigenvalue weighted by Gasteiger charge is -2.34. The molecular formula is C20H23FN2O4S. The summed E-state index contributed by atoms with van der Waals surface area (Å²) in [5.41, 5.74) is 0.993. The number of ether oxygens (including phenoxy) is 1. The molecule has 6 nitrogen and oxygen atoms in total. The van der Waals surface area contributed by atoms with Crippen molar-refractivity contribution in [2.75, 3.05) is 13.1 Å². The van der Waals surface area contributed by atoms with Crippen molar-refractivity contribution in [3.63, 3.8) is 0 Å². The van der Waals surface area contributed by atoms with E-state index in [1.807, 2.05) is 13.8 Å². The largest absolute Gasteiger partial charge is 0.373 e. The molecule has 1 amide bonds. The third kappa shape index (κ3) is 4.76. The Kier molecular flexibility index (Phi) is 6.12. The van der Waals surface area contributed by atoms with Gasteiger partial charge in [0.25, 0.3) is 5.91 Å². The van der Waals surface area contributed by atoms with Gasteiger partial charge in [-0.3, -0.25) is 4.79 Å². The minimum absolute atomic E-state index is 0.0724. The highest BCUT2D eigenvalue weighted by Crippen LogP contribution is 2.22. The zero-order valence-electron chi connectivity index (χ0n) is 15.8. The number of morpholine rings is 1. The number of rotatable bonds is 5. The van der Waals surface area contributed by atoms with Gasteiger partial charge in [0.15, 0.2) is 0 Å². The van der Waals surface area contributed by atoms with Crippen molar-refractivity contribution in [3.8, 4) is 0 Å². The fourth-order valence-electron chi connectivity index (χ4n) is 3.16. The molecule has 0 radical (unpaired) electrons. The molecule has 2 aromatic carbocycles. The van der Waals surface area contributed by atoms with Crippen molar-refractivity contribution in [2.24, 2.45) is 0 Å². The molecule has 2 atom stereocenters. The first-order valence-electron chi connectivity index (χ1n) is 9.04. The molecule has 28 heavy (non-hydrogen) atoms. The van der Waals surface area contributed by atoms with Gasteiger partial charge in [-0.2, -0.15) is 4.31 Å². The minimum Gasteiger partial charge on any atom is -0.373 e. The summed E-state index contributed by atoms with van der Waals surface area (Å²) in [4.78, 5) is 12.5. The molecule has 1 saturated heterocycles. The fourth-order valence-corrected chi connectivity index (χ4v) is 4.80. The second-order valence-corrected chi connectivity index (χ2v) is 8.85. The van der Waals surface area contributed by atoms with Crippen molar-refractivity contribution < 1.29 is 22.3 Å². The Bertz CT molecular complexity index is 937. The van der Waals surface area contributed by atoms with Crippen molar-refractivity contribution in [3.05, 3.63) is 65.5 Å². The highest BCUT2D eigenvalue weighted by molar-refractivity contribution is 7.89. The Morgan fingerprint density at radius 3 is 2.43 bits per heavy atom. The van der Waals surface area contributed by atoms with Crippen LogP contribution >= 0.6 is 0 Å². The predicted molar refractivity (Wildman–Crippen MR) is 103 cm³/mol.